The first kappa shape index (κ1) is 19.0. The molecule has 0 aliphatic heterocycles. The largest absolute Gasteiger partial charge is 0.322 e. The van der Waals surface area contributed by atoms with E-state index in [-0.39, 0.29) is 11.8 Å². The summed E-state index contributed by atoms with van der Waals surface area (Å²) in [6, 6.07) is 21.8. The lowest BCUT2D eigenvalue weighted by molar-refractivity contribution is 0.0953. The Morgan fingerprint density at radius 2 is 1.54 bits per heavy atom. The van der Waals surface area contributed by atoms with Crippen molar-refractivity contribution in [1.29, 1.82) is 0 Å². The average Bonchev–Trinajstić information content (AvgIpc) is 2.70. The number of aryl methyl sites for hydroxylation is 2. The molecule has 5 heteroatoms. The summed E-state index contributed by atoms with van der Waals surface area (Å²) in [5.41, 5.74) is 6.95. The van der Waals surface area contributed by atoms with Gasteiger partial charge in [0.2, 0.25) is 0 Å². The lowest BCUT2D eigenvalue weighted by atomic mass is 10.1. The number of carbonyl (C=O) groups is 2. The molecule has 3 aromatic rings. The van der Waals surface area contributed by atoms with E-state index in [0.717, 1.165) is 16.7 Å². The van der Waals surface area contributed by atoms with Crippen molar-refractivity contribution in [3.8, 4) is 0 Å². The van der Waals surface area contributed by atoms with Gasteiger partial charge in [-0.2, -0.15) is 5.10 Å². The molecule has 0 saturated heterocycles. The monoisotopic (exact) mass is 371 g/mol. The molecular formula is C23H21N3O2. The molecule has 140 valence electrons. The van der Waals surface area contributed by atoms with Crippen molar-refractivity contribution < 1.29 is 9.59 Å². The number of rotatable bonds is 5. The molecular weight excluding hydrogens is 350 g/mol. The Morgan fingerprint density at radius 1 is 0.821 bits per heavy atom. The Labute approximate surface area is 164 Å². The van der Waals surface area contributed by atoms with Gasteiger partial charge in [0.15, 0.2) is 0 Å². The molecule has 0 unspecified atom stereocenters. The molecule has 3 rings (SSSR count). The van der Waals surface area contributed by atoms with Crippen LogP contribution in [0.2, 0.25) is 0 Å². The number of nitrogens with one attached hydrogen (secondary N) is 2. The maximum atomic E-state index is 12.4. The Bertz CT molecular complexity index is 1040. The molecule has 5 nitrogen and oxygen atoms in total. The van der Waals surface area contributed by atoms with Gasteiger partial charge in [0, 0.05) is 16.8 Å². The van der Waals surface area contributed by atoms with Crippen LogP contribution in [-0.4, -0.2) is 18.0 Å². The molecule has 0 aliphatic carbocycles. The molecule has 0 heterocycles. The molecule has 28 heavy (non-hydrogen) atoms. The second-order valence-corrected chi connectivity index (χ2v) is 6.41. The van der Waals surface area contributed by atoms with Gasteiger partial charge in [-0.05, 0) is 54.8 Å². The molecule has 0 saturated carbocycles. The molecule has 0 fully saturated rings. The van der Waals surface area contributed by atoms with Crippen molar-refractivity contribution in [2.45, 2.75) is 13.8 Å². The number of carbonyl (C=O) groups excluding carboxylic acids is 2. The Hall–Kier alpha value is -3.73. The van der Waals surface area contributed by atoms with Gasteiger partial charge >= 0.3 is 0 Å². The third kappa shape index (κ3) is 4.71. The van der Waals surface area contributed by atoms with Gasteiger partial charge in [-0.1, -0.05) is 48.5 Å². The van der Waals surface area contributed by atoms with Crippen molar-refractivity contribution in [1.82, 2.24) is 5.43 Å². The molecule has 0 bridgehead atoms. The number of hydrazone groups is 1. The predicted molar refractivity (Wildman–Crippen MR) is 112 cm³/mol. The van der Waals surface area contributed by atoms with Crippen LogP contribution in [-0.2, 0) is 0 Å². The highest BCUT2D eigenvalue weighted by Gasteiger charge is 2.10. The first-order valence-electron chi connectivity index (χ1n) is 8.90. The van der Waals surface area contributed by atoms with Crippen molar-refractivity contribution >= 4 is 23.7 Å². The zero-order valence-corrected chi connectivity index (χ0v) is 15.8. The first-order chi connectivity index (χ1) is 13.5. The normalized spacial score (nSPS) is 10.6. The summed E-state index contributed by atoms with van der Waals surface area (Å²) in [5.74, 6) is -0.565. The van der Waals surface area contributed by atoms with E-state index in [4.69, 9.17) is 0 Å². The standard InChI is InChI=1S/C23H21N3O2/c1-16-8-3-5-10-19(16)15-24-26-22(27)18-11-7-12-20(14-18)25-23(28)21-13-6-4-9-17(21)2/h3-15H,1-2H3,(H,25,28)(H,26,27)/b24-15+. The Kier molecular flexibility index (Phi) is 5.97. The number of amides is 2. The van der Waals surface area contributed by atoms with Gasteiger partial charge in [0.25, 0.3) is 11.8 Å². The number of anilines is 1. The smallest absolute Gasteiger partial charge is 0.271 e. The third-order valence-electron chi connectivity index (χ3n) is 4.33. The van der Waals surface area contributed by atoms with E-state index >= 15 is 0 Å². The summed E-state index contributed by atoms with van der Waals surface area (Å²) in [7, 11) is 0. The fourth-order valence-corrected chi connectivity index (χ4v) is 2.72. The zero-order valence-electron chi connectivity index (χ0n) is 15.8. The van der Waals surface area contributed by atoms with Gasteiger partial charge in [-0.3, -0.25) is 9.59 Å². The van der Waals surface area contributed by atoms with Crippen molar-refractivity contribution in [3.63, 3.8) is 0 Å². The maximum absolute atomic E-state index is 12.4. The van der Waals surface area contributed by atoms with E-state index < -0.39 is 0 Å². The fraction of sp³-hybridized carbons (Fsp3) is 0.0870. The van der Waals surface area contributed by atoms with Crippen LogP contribution in [0.3, 0.4) is 0 Å². The van der Waals surface area contributed by atoms with Crippen LogP contribution in [0.25, 0.3) is 0 Å². The number of hydrogen-bond acceptors (Lipinski definition) is 3. The minimum Gasteiger partial charge on any atom is -0.322 e. The van der Waals surface area contributed by atoms with Gasteiger partial charge in [0.05, 0.1) is 6.21 Å². The molecule has 0 radical (unpaired) electrons. The molecule has 0 spiro atoms. The first-order valence-corrected chi connectivity index (χ1v) is 8.90. The van der Waals surface area contributed by atoms with E-state index in [1.807, 2.05) is 56.3 Å². The van der Waals surface area contributed by atoms with Crippen LogP contribution in [0, 0.1) is 13.8 Å². The van der Waals surface area contributed by atoms with Crippen LogP contribution >= 0.6 is 0 Å². The highest BCUT2D eigenvalue weighted by atomic mass is 16.2. The summed E-state index contributed by atoms with van der Waals surface area (Å²) in [4.78, 5) is 24.8. The average molecular weight is 371 g/mol. The number of benzene rings is 3. The highest BCUT2D eigenvalue weighted by Crippen LogP contribution is 2.14. The van der Waals surface area contributed by atoms with E-state index in [0.29, 0.717) is 16.8 Å². The molecule has 0 atom stereocenters. The predicted octanol–water partition coefficient (Wildman–Crippen LogP) is 4.32. The van der Waals surface area contributed by atoms with E-state index in [1.165, 1.54) is 0 Å². The quantitative estimate of drug-likeness (QED) is 0.518. The Morgan fingerprint density at radius 3 is 2.29 bits per heavy atom. The summed E-state index contributed by atoms with van der Waals surface area (Å²) in [5, 5.41) is 6.84. The second-order valence-electron chi connectivity index (χ2n) is 6.41. The highest BCUT2D eigenvalue weighted by molar-refractivity contribution is 6.06. The molecule has 0 aromatic heterocycles. The van der Waals surface area contributed by atoms with Crippen LogP contribution < -0.4 is 10.7 Å². The lowest BCUT2D eigenvalue weighted by Crippen LogP contribution is -2.18. The molecule has 3 aromatic carbocycles. The topological polar surface area (TPSA) is 70.6 Å². The zero-order chi connectivity index (χ0) is 19.9. The molecule has 2 amide bonds. The van der Waals surface area contributed by atoms with Crippen molar-refractivity contribution in [2.75, 3.05) is 5.32 Å². The third-order valence-corrected chi connectivity index (χ3v) is 4.33. The van der Waals surface area contributed by atoms with Crippen LogP contribution in [0.4, 0.5) is 5.69 Å². The number of hydrogen-bond donors (Lipinski definition) is 2. The molecule has 2 N–H and O–H groups in total. The van der Waals surface area contributed by atoms with Gasteiger partial charge in [0.1, 0.15) is 0 Å². The van der Waals surface area contributed by atoms with Gasteiger partial charge < -0.3 is 5.32 Å². The van der Waals surface area contributed by atoms with Crippen molar-refractivity contribution in [3.05, 3.63) is 101 Å². The van der Waals surface area contributed by atoms with E-state index in [1.54, 1.807) is 36.5 Å². The van der Waals surface area contributed by atoms with Crippen LogP contribution in [0.5, 0.6) is 0 Å². The van der Waals surface area contributed by atoms with Crippen molar-refractivity contribution in [2.24, 2.45) is 5.10 Å². The van der Waals surface area contributed by atoms with Crippen LogP contribution in [0.1, 0.15) is 37.4 Å². The summed E-state index contributed by atoms with van der Waals surface area (Å²) >= 11 is 0. The minimum atomic E-state index is -0.350. The van der Waals surface area contributed by atoms with E-state index in [9.17, 15) is 9.59 Å². The lowest BCUT2D eigenvalue weighted by Gasteiger charge is -2.08. The van der Waals surface area contributed by atoms with Gasteiger partial charge in [-0.15, -0.1) is 0 Å². The molecule has 0 aliphatic rings. The van der Waals surface area contributed by atoms with Gasteiger partial charge in [-0.25, -0.2) is 5.43 Å². The Balaban J connectivity index is 1.67. The maximum Gasteiger partial charge on any atom is 0.271 e. The van der Waals surface area contributed by atoms with E-state index in [2.05, 4.69) is 15.8 Å². The number of nitrogens with zero attached hydrogens (tertiary/aromatic N) is 1. The SMILES string of the molecule is Cc1ccccc1/C=N/NC(=O)c1cccc(NC(=O)c2ccccc2C)c1. The summed E-state index contributed by atoms with van der Waals surface area (Å²) in [6.45, 7) is 3.86. The summed E-state index contributed by atoms with van der Waals surface area (Å²) in [6.07, 6.45) is 1.61. The fourth-order valence-electron chi connectivity index (χ4n) is 2.72. The van der Waals surface area contributed by atoms with Crippen LogP contribution in [0.15, 0.2) is 77.9 Å². The second kappa shape index (κ2) is 8.77. The summed E-state index contributed by atoms with van der Waals surface area (Å²) < 4.78 is 0. The minimum absolute atomic E-state index is 0.215.